The zero-order valence-electron chi connectivity index (χ0n) is 19.4. The topological polar surface area (TPSA) is 43.1 Å². The van der Waals surface area contributed by atoms with Crippen molar-refractivity contribution in [2.75, 3.05) is 32.4 Å². The van der Waals surface area contributed by atoms with E-state index in [2.05, 4.69) is 7.05 Å². The molecule has 1 fully saturated rings. The second-order valence-corrected chi connectivity index (χ2v) is 10.6. The molecule has 1 aliphatic rings. The summed E-state index contributed by atoms with van der Waals surface area (Å²) in [4.78, 5) is 13.7. The summed E-state index contributed by atoms with van der Waals surface area (Å²) in [6, 6.07) is 23.5. The molecule has 0 aromatic heterocycles. The number of primary amides is 1. The van der Waals surface area contributed by atoms with Crippen molar-refractivity contribution in [1.82, 2.24) is 0 Å². The highest BCUT2D eigenvalue weighted by molar-refractivity contribution is 7.99. The number of likely N-dealkylation sites (tertiary alicyclic amines) is 1. The first-order chi connectivity index (χ1) is 16.3. The molecule has 0 radical (unpaired) electrons. The third kappa shape index (κ3) is 4.89. The van der Waals surface area contributed by atoms with Crippen molar-refractivity contribution in [1.29, 1.82) is 0 Å². The SMILES string of the molecule is C[N+]1(CCCSc2ccc(F)cc2F)CCC(C(C(N)=O)(c2ccccc2)c2ccccc2)C1. The van der Waals surface area contributed by atoms with Gasteiger partial charge in [-0.05, 0) is 23.3 Å². The van der Waals surface area contributed by atoms with Crippen LogP contribution in [0.1, 0.15) is 24.0 Å². The summed E-state index contributed by atoms with van der Waals surface area (Å²) in [5.74, 6) is -0.562. The lowest BCUT2D eigenvalue weighted by atomic mass is 9.64. The fourth-order valence-corrected chi connectivity index (χ4v) is 6.34. The number of hydrogen-bond donors (Lipinski definition) is 1. The number of benzene rings is 3. The molecule has 1 saturated heterocycles. The molecule has 1 heterocycles. The molecular formula is C28H31F2N2OS+. The normalized spacial score (nSPS) is 20.4. The van der Waals surface area contributed by atoms with Gasteiger partial charge >= 0.3 is 0 Å². The maximum absolute atomic E-state index is 13.9. The van der Waals surface area contributed by atoms with Gasteiger partial charge in [0, 0.05) is 35.5 Å². The standard InChI is InChI=1S/C28H30F2N2OS/c1-32(16-8-18-34-26-14-13-24(29)19-25(26)30)17-15-23(20-32)28(27(31)33,21-9-4-2-5-10-21)22-11-6-3-7-12-22/h2-7,9-14,19,23H,8,15-18,20H2,1H3,(H-,31,33)/p+1. The van der Waals surface area contributed by atoms with E-state index >= 15 is 0 Å². The molecule has 2 N–H and O–H groups in total. The molecule has 1 aliphatic heterocycles. The van der Waals surface area contributed by atoms with Gasteiger partial charge in [-0.2, -0.15) is 0 Å². The van der Waals surface area contributed by atoms with Gasteiger partial charge in [0.05, 0.1) is 26.7 Å². The van der Waals surface area contributed by atoms with Gasteiger partial charge in [-0.15, -0.1) is 11.8 Å². The first-order valence-electron chi connectivity index (χ1n) is 11.7. The molecule has 2 unspecified atom stereocenters. The van der Waals surface area contributed by atoms with Crippen molar-refractivity contribution in [3.8, 4) is 0 Å². The average Bonchev–Trinajstić information content (AvgIpc) is 3.22. The molecule has 0 spiro atoms. The number of hydrogen-bond acceptors (Lipinski definition) is 2. The van der Waals surface area contributed by atoms with Crippen LogP contribution in [-0.2, 0) is 10.2 Å². The molecule has 178 valence electrons. The number of carbonyl (C=O) groups is 1. The van der Waals surface area contributed by atoms with E-state index in [0.29, 0.717) is 4.90 Å². The van der Waals surface area contributed by atoms with Gasteiger partial charge in [0.25, 0.3) is 0 Å². The second-order valence-electron chi connectivity index (χ2n) is 9.42. The van der Waals surface area contributed by atoms with Crippen LogP contribution in [0.5, 0.6) is 0 Å². The van der Waals surface area contributed by atoms with E-state index < -0.39 is 17.0 Å². The second kappa shape index (κ2) is 10.3. The Morgan fingerprint density at radius 1 is 1.03 bits per heavy atom. The summed E-state index contributed by atoms with van der Waals surface area (Å²) in [7, 11) is 2.23. The van der Waals surface area contributed by atoms with Crippen molar-refractivity contribution in [2.24, 2.45) is 11.7 Å². The van der Waals surface area contributed by atoms with Gasteiger partial charge < -0.3 is 10.2 Å². The summed E-state index contributed by atoms with van der Waals surface area (Å²) in [5.41, 5.74) is 7.20. The number of nitrogens with two attached hydrogens (primary N) is 1. The van der Waals surface area contributed by atoms with Gasteiger partial charge in [0.15, 0.2) is 0 Å². The lowest BCUT2D eigenvalue weighted by Crippen LogP contribution is -2.51. The van der Waals surface area contributed by atoms with E-state index in [1.54, 1.807) is 0 Å². The van der Waals surface area contributed by atoms with E-state index in [4.69, 9.17) is 5.73 Å². The zero-order valence-corrected chi connectivity index (χ0v) is 20.2. The molecule has 4 rings (SSSR count). The molecule has 1 amide bonds. The molecular weight excluding hydrogens is 450 g/mol. The Bertz CT molecular complexity index is 1090. The van der Waals surface area contributed by atoms with E-state index in [1.165, 1.54) is 23.9 Å². The predicted octanol–water partition coefficient (Wildman–Crippen LogP) is 5.39. The van der Waals surface area contributed by atoms with Crippen LogP contribution in [0.3, 0.4) is 0 Å². The van der Waals surface area contributed by atoms with E-state index in [9.17, 15) is 13.6 Å². The van der Waals surface area contributed by atoms with Crippen LogP contribution in [0, 0.1) is 17.6 Å². The summed E-state index contributed by atoms with van der Waals surface area (Å²) < 4.78 is 27.9. The molecule has 3 aromatic rings. The van der Waals surface area contributed by atoms with Gasteiger partial charge in [-0.3, -0.25) is 4.79 Å². The van der Waals surface area contributed by atoms with Gasteiger partial charge in [-0.25, -0.2) is 8.78 Å². The van der Waals surface area contributed by atoms with Crippen molar-refractivity contribution < 1.29 is 18.1 Å². The molecule has 0 saturated carbocycles. The molecule has 0 aliphatic carbocycles. The number of carbonyl (C=O) groups excluding carboxylic acids is 1. The van der Waals surface area contributed by atoms with Crippen LogP contribution < -0.4 is 5.73 Å². The molecule has 3 aromatic carbocycles. The van der Waals surface area contributed by atoms with Crippen LogP contribution in [0.2, 0.25) is 0 Å². The fourth-order valence-electron chi connectivity index (χ4n) is 5.49. The number of thioether (sulfide) groups is 1. The third-order valence-electron chi connectivity index (χ3n) is 7.13. The number of rotatable bonds is 9. The Kier molecular flexibility index (Phi) is 7.39. The Hall–Kier alpha value is -2.70. The van der Waals surface area contributed by atoms with Crippen LogP contribution in [0.4, 0.5) is 8.78 Å². The molecule has 2 atom stereocenters. The first kappa shape index (κ1) is 24.4. The lowest BCUT2D eigenvalue weighted by Gasteiger charge is -2.38. The summed E-state index contributed by atoms with van der Waals surface area (Å²) in [6.07, 6.45) is 1.79. The number of halogens is 2. The molecule has 3 nitrogen and oxygen atoms in total. The first-order valence-corrected chi connectivity index (χ1v) is 12.7. The van der Waals surface area contributed by atoms with Crippen molar-refractivity contribution in [3.05, 3.63) is 102 Å². The zero-order chi connectivity index (χ0) is 24.2. The fraction of sp³-hybridized carbons (Fsp3) is 0.321. The van der Waals surface area contributed by atoms with Crippen molar-refractivity contribution in [2.45, 2.75) is 23.2 Å². The maximum atomic E-state index is 13.9. The number of nitrogens with zero attached hydrogens (tertiary/aromatic N) is 1. The summed E-state index contributed by atoms with van der Waals surface area (Å²) >= 11 is 1.42. The van der Waals surface area contributed by atoms with Crippen molar-refractivity contribution >= 4 is 17.7 Å². The van der Waals surface area contributed by atoms with Gasteiger partial charge in [0.1, 0.15) is 17.0 Å². The summed E-state index contributed by atoms with van der Waals surface area (Å²) in [5, 5.41) is 0. The van der Waals surface area contributed by atoms with Crippen LogP contribution in [0.25, 0.3) is 0 Å². The Balaban J connectivity index is 1.51. The molecule has 0 bridgehead atoms. The minimum absolute atomic E-state index is 0.0713. The highest BCUT2D eigenvalue weighted by atomic mass is 32.2. The van der Waals surface area contributed by atoms with E-state index in [1.807, 2.05) is 60.7 Å². The number of amides is 1. The lowest BCUT2D eigenvalue weighted by molar-refractivity contribution is -0.899. The van der Waals surface area contributed by atoms with E-state index in [0.717, 1.165) is 59.9 Å². The average molecular weight is 482 g/mol. The highest BCUT2D eigenvalue weighted by Crippen LogP contribution is 2.45. The maximum Gasteiger partial charge on any atom is 0.233 e. The Labute approximate surface area is 204 Å². The predicted molar refractivity (Wildman–Crippen MR) is 133 cm³/mol. The third-order valence-corrected chi connectivity index (χ3v) is 8.27. The Morgan fingerprint density at radius 2 is 1.65 bits per heavy atom. The highest BCUT2D eigenvalue weighted by Gasteiger charge is 2.53. The minimum Gasteiger partial charge on any atom is -0.369 e. The number of quaternary nitrogens is 1. The van der Waals surface area contributed by atoms with Gasteiger partial charge in [-0.1, -0.05) is 60.7 Å². The smallest absolute Gasteiger partial charge is 0.233 e. The van der Waals surface area contributed by atoms with Crippen molar-refractivity contribution in [3.63, 3.8) is 0 Å². The minimum atomic E-state index is -0.884. The largest absolute Gasteiger partial charge is 0.369 e. The van der Waals surface area contributed by atoms with Crippen LogP contribution in [-0.4, -0.2) is 42.8 Å². The molecule has 34 heavy (non-hydrogen) atoms. The Morgan fingerprint density at radius 3 is 2.21 bits per heavy atom. The monoisotopic (exact) mass is 481 g/mol. The quantitative estimate of drug-likeness (QED) is 0.253. The van der Waals surface area contributed by atoms with Crippen LogP contribution in [0.15, 0.2) is 83.8 Å². The van der Waals surface area contributed by atoms with Gasteiger partial charge in [0.2, 0.25) is 5.91 Å². The van der Waals surface area contributed by atoms with Crippen LogP contribution >= 0.6 is 11.8 Å². The van der Waals surface area contributed by atoms with E-state index in [-0.39, 0.29) is 11.8 Å². The molecule has 6 heteroatoms. The summed E-state index contributed by atoms with van der Waals surface area (Å²) in [6.45, 7) is 2.71.